The van der Waals surface area contributed by atoms with Gasteiger partial charge < -0.3 is 14.6 Å². The van der Waals surface area contributed by atoms with Crippen molar-refractivity contribution < 1.29 is 19.4 Å². The van der Waals surface area contributed by atoms with Crippen molar-refractivity contribution in [2.75, 3.05) is 6.61 Å². The van der Waals surface area contributed by atoms with Crippen LogP contribution in [0.5, 0.6) is 11.5 Å². The minimum absolute atomic E-state index is 0.0341. The van der Waals surface area contributed by atoms with Crippen molar-refractivity contribution in [1.29, 1.82) is 0 Å². The lowest BCUT2D eigenvalue weighted by molar-refractivity contribution is -0.137. The molecule has 1 unspecified atom stereocenters. The molecule has 2 aromatic carbocycles. The summed E-state index contributed by atoms with van der Waals surface area (Å²) in [6.07, 6.45) is 5.84. The Morgan fingerprint density at radius 2 is 2.03 bits per heavy atom. The zero-order valence-corrected chi connectivity index (χ0v) is 19.2. The van der Waals surface area contributed by atoms with Crippen LogP contribution in [0.25, 0.3) is 5.57 Å². The summed E-state index contributed by atoms with van der Waals surface area (Å²) < 4.78 is 12.2. The van der Waals surface area contributed by atoms with Gasteiger partial charge in [0, 0.05) is 17.5 Å². The van der Waals surface area contributed by atoms with Crippen LogP contribution >= 0.6 is 0 Å². The van der Waals surface area contributed by atoms with Crippen molar-refractivity contribution in [3.63, 3.8) is 0 Å². The van der Waals surface area contributed by atoms with Gasteiger partial charge in [0.15, 0.2) is 0 Å². The fourth-order valence-electron chi connectivity index (χ4n) is 6.06. The van der Waals surface area contributed by atoms with E-state index in [4.69, 9.17) is 14.6 Å². The molecule has 0 bridgehead atoms. The summed E-state index contributed by atoms with van der Waals surface area (Å²) in [7, 11) is 0. The van der Waals surface area contributed by atoms with Crippen LogP contribution in [-0.4, -0.2) is 17.7 Å². The minimum atomic E-state index is -0.795. The van der Waals surface area contributed by atoms with E-state index >= 15 is 0 Å². The highest BCUT2D eigenvalue weighted by atomic mass is 16.5. The van der Waals surface area contributed by atoms with Crippen LogP contribution < -0.4 is 9.47 Å². The van der Waals surface area contributed by atoms with Crippen LogP contribution in [0.3, 0.4) is 0 Å². The van der Waals surface area contributed by atoms with Crippen molar-refractivity contribution in [3.8, 4) is 11.5 Å². The molecule has 1 aliphatic heterocycles. The standard InChI is InChI=1S/C28H32O4/c1-17-6-5-13-28(2,3)27(17)23-8-4-7-22-21(23)11-12-24(22)32-19-9-10-20-18(14-26(29)30)16-31-25(20)15-19/h4,7-10,15,18,24H,5-6,11-14,16H2,1-3H3,(H,29,30)/t18?,24-/m1/s1. The van der Waals surface area contributed by atoms with Gasteiger partial charge in [0.2, 0.25) is 0 Å². The molecule has 3 aliphatic rings. The summed E-state index contributed by atoms with van der Waals surface area (Å²) in [5, 5.41) is 9.12. The van der Waals surface area contributed by atoms with E-state index in [2.05, 4.69) is 39.0 Å². The van der Waals surface area contributed by atoms with E-state index in [1.165, 1.54) is 47.1 Å². The number of rotatable bonds is 5. The smallest absolute Gasteiger partial charge is 0.304 e. The molecule has 5 rings (SSSR count). The Labute approximate surface area is 190 Å². The van der Waals surface area contributed by atoms with Crippen LogP contribution in [0.1, 0.15) is 87.2 Å². The number of carbonyl (C=O) groups is 1. The Morgan fingerprint density at radius 1 is 1.19 bits per heavy atom. The maximum atomic E-state index is 11.1. The van der Waals surface area contributed by atoms with Gasteiger partial charge in [-0.15, -0.1) is 0 Å². The number of carboxylic acid groups (broad SMARTS) is 1. The Balaban J connectivity index is 1.41. The number of ether oxygens (including phenoxy) is 2. The molecule has 0 radical (unpaired) electrons. The summed E-state index contributed by atoms with van der Waals surface area (Å²) in [5.74, 6) is 0.667. The Kier molecular flexibility index (Phi) is 5.27. The predicted octanol–water partition coefficient (Wildman–Crippen LogP) is 6.69. The average Bonchev–Trinajstić information content (AvgIpc) is 3.32. The van der Waals surface area contributed by atoms with E-state index < -0.39 is 5.97 Å². The Morgan fingerprint density at radius 3 is 2.81 bits per heavy atom. The van der Waals surface area contributed by atoms with Gasteiger partial charge in [-0.25, -0.2) is 0 Å². The van der Waals surface area contributed by atoms with E-state index in [0.717, 1.165) is 29.9 Å². The van der Waals surface area contributed by atoms with E-state index in [1.54, 1.807) is 0 Å². The normalized spacial score (nSPS) is 23.5. The van der Waals surface area contributed by atoms with Crippen LogP contribution in [0.15, 0.2) is 42.0 Å². The first kappa shape index (κ1) is 21.1. The molecule has 0 aromatic heterocycles. The molecule has 2 aliphatic carbocycles. The predicted molar refractivity (Wildman–Crippen MR) is 125 cm³/mol. The largest absolute Gasteiger partial charge is 0.492 e. The molecule has 1 N–H and O–H groups in total. The number of carboxylic acids is 1. The minimum Gasteiger partial charge on any atom is -0.492 e. The molecule has 0 fully saturated rings. The van der Waals surface area contributed by atoms with E-state index in [0.29, 0.717) is 6.61 Å². The summed E-state index contributed by atoms with van der Waals surface area (Å²) in [4.78, 5) is 11.1. The number of benzene rings is 2. The average molecular weight is 433 g/mol. The molecule has 0 amide bonds. The van der Waals surface area contributed by atoms with Crippen LogP contribution in [0, 0.1) is 5.41 Å². The van der Waals surface area contributed by atoms with E-state index in [-0.39, 0.29) is 23.9 Å². The third-order valence-corrected chi connectivity index (χ3v) is 7.51. The Hall–Kier alpha value is -2.75. The van der Waals surface area contributed by atoms with E-state index in [1.807, 2.05) is 18.2 Å². The first-order chi connectivity index (χ1) is 15.3. The van der Waals surface area contributed by atoms with E-state index in [9.17, 15) is 4.79 Å². The molecule has 0 spiro atoms. The van der Waals surface area contributed by atoms with Crippen molar-refractivity contribution in [3.05, 3.63) is 64.2 Å². The molecule has 0 saturated heterocycles. The quantitative estimate of drug-likeness (QED) is 0.572. The number of fused-ring (bicyclic) bond motifs is 2. The summed E-state index contributed by atoms with van der Waals surface area (Å²) in [5.41, 5.74) is 8.41. The van der Waals surface area contributed by atoms with Gasteiger partial charge in [-0.3, -0.25) is 4.79 Å². The molecule has 168 valence electrons. The zero-order chi connectivity index (χ0) is 22.5. The molecule has 32 heavy (non-hydrogen) atoms. The Bertz CT molecular complexity index is 1090. The molecule has 0 saturated carbocycles. The molecule has 4 heteroatoms. The number of aliphatic carboxylic acids is 1. The first-order valence-corrected chi connectivity index (χ1v) is 11.8. The van der Waals surface area contributed by atoms with Crippen LogP contribution in [0.2, 0.25) is 0 Å². The fraction of sp³-hybridized carbons (Fsp3) is 0.464. The van der Waals surface area contributed by atoms with Gasteiger partial charge in [-0.1, -0.05) is 43.7 Å². The highest BCUT2D eigenvalue weighted by Crippen LogP contribution is 2.49. The van der Waals surface area contributed by atoms with Gasteiger partial charge in [0.05, 0.1) is 13.0 Å². The third kappa shape index (κ3) is 3.70. The van der Waals surface area contributed by atoms with Gasteiger partial charge in [0.25, 0.3) is 0 Å². The highest BCUT2D eigenvalue weighted by Gasteiger charge is 2.34. The van der Waals surface area contributed by atoms with Crippen molar-refractivity contribution >= 4 is 11.5 Å². The van der Waals surface area contributed by atoms with Crippen LogP contribution in [-0.2, 0) is 11.2 Å². The number of hydrogen-bond acceptors (Lipinski definition) is 3. The lowest BCUT2D eigenvalue weighted by Gasteiger charge is -2.36. The van der Waals surface area contributed by atoms with Crippen molar-refractivity contribution in [1.82, 2.24) is 0 Å². The fourth-order valence-corrected chi connectivity index (χ4v) is 6.06. The second-order valence-corrected chi connectivity index (χ2v) is 10.2. The number of hydrogen-bond donors (Lipinski definition) is 1. The third-order valence-electron chi connectivity index (χ3n) is 7.51. The SMILES string of the molecule is CC1=C(c2cccc3c2CC[C@H]3Oc2ccc3c(c2)OCC3CC(=O)O)C(C)(C)CCC1. The second-order valence-electron chi connectivity index (χ2n) is 10.2. The maximum absolute atomic E-state index is 11.1. The topological polar surface area (TPSA) is 55.8 Å². The maximum Gasteiger partial charge on any atom is 0.304 e. The van der Waals surface area contributed by atoms with Crippen LogP contribution in [0.4, 0.5) is 0 Å². The second kappa shape index (κ2) is 7.99. The molecule has 4 nitrogen and oxygen atoms in total. The zero-order valence-electron chi connectivity index (χ0n) is 19.2. The van der Waals surface area contributed by atoms with Crippen molar-refractivity contribution in [2.24, 2.45) is 5.41 Å². The van der Waals surface area contributed by atoms with Gasteiger partial charge in [-0.05, 0) is 72.8 Å². The molecular formula is C28H32O4. The lowest BCUT2D eigenvalue weighted by atomic mass is 9.69. The van der Waals surface area contributed by atoms with Gasteiger partial charge >= 0.3 is 5.97 Å². The summed E-state index contributed by atoms with van der Waals surface area (Å²) in [6, 6.07) is 12.6. The molecule has 2 atom stereocenters. The monoisotopic (exact) mass is 432 g/mol. The van der Waals surface area contributed by atoms with Gasteiger partial charge in [0.1, 0.15) is 17.6 Å². The van der Waals surface area contributed by atoms with Gasteiger partial charge in [-0.2, -0.15) is 0 Å². The molecular weight excluding hydrogens is 400 g/mol. The van der Waals surface area contributed by atoms with Crippen molar-refractivity contribution in [2.45, 2.75) is 71.3 Å². The highest BCUT2D eigenvalue weighted by molar-refractivity contribution is 5.76. The molecule has 1 heterocycles. The first-order valence-electron chi connectivity index (χ1n) is 11.8. The molecule has 2 aromatic rings. The summed E-state index contributed by atoms with van der Waals surface area (Å²) >= 11 is 0. The lowest BCUT2D eigenvalue weighted by Crippen LogP contribution is -2.20. The number of allylic oxidation sites excluding steroid dienone is 2. The summed E-state index contributed by atoms with van der Waals surface area (Å²) in [6.45, 7) is 7.50.